The van der Waals surface area contributed by atoms with Crippen molar-refractivity contribution in [1.82, 2.24) is 0 Å². The summed E-state index contributed by atoms with van der Waals surface area (Å²) in [5, 5.41) is 0. The van der Waals surface area contributed by atoms with E-state index >= 15 is 0 Å². The highest BCUT2D eigenvalue weighted by Crippen LogP contribution is 2.58. The minimum atomic E-state index is -0.450. The maximum Gasteiger partial charge on any atom is 0.163 e. The van der Waals surface area contributed by atoms with E-state index in [1.54, 1.807) is 11.1 Å². The van der Waals surface area contributed by atoms with Gasteiger partial charge in [-0.15, -0.1) is 0 Å². The lowest BCUT2D eigenvalue weighted by atomic mass is 9.66. The zero-order valence-corrected chi connectivity index (χ0v) is 16.9. The van der Waals surface area contributed by atoms with Crippen LogP contribution in [0.15, 0.2) is 34.4 Å². The first-order valence-electron chi connectivity index (χ1n) is 10.1. The van der Waals surface area contributed by atoms with Crippen LogP contribution in [-0.2, 0) is 9.47 Å². The van der Waals surface area contributed by atoms with Crippen LogP contribution < -0.4 is 0 Å². The van der Waals surface area contributed by atoms with Crippen molar-refractivity contribution in [3.05, 3.63) is 34.4 Å². The van der Waals surface area contributed by atoms with E-state index in [4.69, 9.17) is 9.47 Å². The van der Waals surface area contributed by atoms with Crippen LogP contribution in [0.4, 0.5) is 0 Å². The average Bonchev–Trinajstić information content (AvgIpc) is 2.80. The van der Waals surface area contributed by atoms with E-state index in [-0.39, 0.29) is 16.9 Å². The Morgan fingerprint density at radius 3 is 2.56 bits per heavy atom. The van der Waals surface area contributed by atoms with Crippen LogP contribution in [0.3, 0.4) is 0 Å². The van der Waals surface area contributed by atoms with E-state index in [9.17, 15) is 0 Å². The molecule has 2 nitrogen and oxygen atoms in total. The van der Waals surface area contributed by atoms with Crippen molar-refractivity contribution in [2.24, 2.45) is 16.7 Å². The summed E-state index contributed by atoms with van der Waals surface area (Å²) in [7, 11) is 0. The molecule has 0 saturated carbocycles. The van der Waals surface area contributed by atoms with Crippen molar-refractivity contribution >= 4 is 0 Å². The maximum atomic E-state index is 6.29. The molecule has 3 atom stereocenters. The van der Waals surface area contributed by atoms with Gasteiger partial charge in [0.05, 0.1) is 12.7 Å². The lowest BCUT2D eigenvalue weighted by molar-refractivity contribution is -0.255. The van der Waals surface area contributed by atoms with Crippen molar-refractivity contribution in [1.29, 1.82) is 0 Å². The van der Waals surface area contributed by atoms with Gasteiger partial charge in [0.25, 0.3) is 0 Å². The van der Waals surface area contributed by atoms with Crippen LogP contribution in [-0.4, -0.2) is 18.5 Å². The Labute approximate surface area is 153 Å². The van der Waals surface area contributed by atoms with Crippen molar-refractivity contribution in [2.75, 3.05) is 6.61 Å². The second kappa shape index (κ2) is 5.57. The molecule has 1 saturated heterocycles. The molecule has 0 bridgehead atoms. The van der Waals surface area contributed by atoms with Gasteiger partial charge in [-0.1, -0.05) is 51.0 Å². The Bertz CT molecular complexity index is 678. The molecule has 0 aromatic rings. The molecule has 0 radical (unpaired) electrons. The molecule has 1 heterocycles. The Hall–Kier alpha value is -0.860. The Morgan fingerprint density at radius 1 is 1.08 bits per heavy atom. The summed E-state index contributed by atoms with van der Waals surface area (Å²) in [5.41, 5.74) is 6.77. The highest BCUT2D eigenvalue weighted by molar-refractivity contribution is 5.48. The second-order valence-electron chi connectivity index (χ2n) is 9.85. The van der Waals surface area contributed by atoms with Crippen molar-refractivity contribution in [3.8, 4) is 0 Å². The largest absolute Gasteiger partial charge is 0.346 e. The monoisotopic (exact) mass is 342 g/mol. The van der Waals surface area contributed by atoms with Gasteiger partial charge in [0.15, 0.2) is 5.79 Å². The predicted molar refractivity (Wildman–Crippen MR) is 102 cm³/mol. The van der Waals surface area contributed by atoms with Gasteiger partial charge in [-0.05, 0) is 68.4 Å². The van der Waals surface area contributed by atoms with Gasteiger partial charge in [0, 0.05) is 5.41 Å². The molecule has 0 amide bonds. The first-order valence-corrected chi connectivity index (χ1v) is 10.1. The first-order chi connectivity index (χ1) is 11.6. The predicted octanol–water partition coefficient (Wildman–Crippen LogP) is 5.95. The number of hydrogen-bond donors (Lipinski definition) is 0. The van der Waals surface area contributed by atoms with E-state index in [0.29, 0.717) is 5.92 Å². The molecule has 1 aliphatic heterocycles. The van der Waals surface area contributed by atoms with Crippen molar-refractivity contribution in [3.63, 3.8) is 0 Å². The lowest BCUT2D eigenvalue weighted by Gasteiger charge is -2.46. The van der Waals surface area contributed by atoms with Gasteiger partial charge in [-0.3, -0.25) is 0 Å². The van der Waals surface area contributed by atoms with Crippen LogP contribution in [0.1, 0.15) is 73.6 Å². The van der Waals surface area contributed by atoms with Gasteiger partial charge in [-0.25, -0.2) is 0 Å². The molecule has 0 spiro atoms. The number of hydrogen-bond acceptors (Lipinski definition) is 2. The van der Waals surface area contributed by atoms with E-state index in [1.807, 2.05) is 13.8 Å². The minimum Gasteiger partial charge on any atom is -0.346 e. The van der Waals surface area contributed by atoms with Gasteiger partial charge in [0.2, 0.25) is 0 Å². The van der Waals surface area contributed by atoms with Gasteiger partial charge in [-0.2, -0.15) is 0 Å². The average molecular weight is 343 g/mol. The summed E-state index contributed by atoms with van der Waals surface area (Å²) >= 11 is 0. The van der Waals surface area contributed by atoms with E-state index < -0.39 is 5.79 Å². The Balaban J connectivity index is 1.78. The van der Waals surface area contributed by atoms with Gasteiger partial charge >= 0.3 is 0 Å². The molecule has 4 aliphatic rings. The van der Waals surface area contributed by atoms with E-state index in [2.05, 4.69) is 39.8 Å². The molecular formula is C23H34O2. The third-order valence-electron chi connectivity index (χ3n) is 7.35. The van der Waals surface area contributed by atoms with Gasteiger partial charge in [0.1, 0.15) is 0 Å². The summed E-state index contributed by atoms with van der Waals surface area (Å²) in [5.74, 6) is 0.186. The van der Waals surface area contributed by atoms with Crippen LogP contribution in [0.5, 0.6) is 0 Å². The summed E-state index contributed by atoms with van der Waals surface area (Å²) in [6, 6.07) is 0. The molecule has 138 valence electrons. The lowest BCUT2D eigenvalue weighted by Crippen LogP contribution is -2.45. The molecule has 3 aliphatic carbocycles. The topological polar surface area (TPSA) is 18.5 Å². The maximum absolute atomic E-state index is 6.29. The number of rotatable bonds is 1. The molecule has 0 aromatic heterocycles. The van der Waals surface area contributed by atoms with Crippen LogP contribution in [0, 0.1) is 16.7 Å². The summed E-state index contributed by atoms with van der Waals surface area (Å²) in [6.07, 6.45) is 11.3. The molecular weight excluding hydrogens is 308 g/mol. The number of allylic oxidation sites excluding steroid dienone is 5. The zero-order chi connectivity index (χ0) is 18.0. The summed E-state index contributed by atoms with van der Waals surface area (Å²) in [6.45, 7) is 14.5. The fourth-order valence-electron chi connectivity index (χ4n) is 5.73. The molecule has 25 heavy (non-hydrogen) atoms. The molecule has 0 aromatic carbocycles. The standard InChI is InChI=1S/C23H34O2/c1-15(2)18-8-7-16-13-19-17-14-24-21(3,4)25-20(17)9-10-22(19,5)11-12-23(16,18)6/h8,13,15,20H,7,9-12,14H2,1-6H3/t20-,22-,23-/m0/s1. The van der Waals surface area contributed by atoms with Crippen LogP contribution in [0.2, 0.25) is 0 Å². The zero-order valence-electron chi connectivity index (χ0n) is 16.9. The van der Waals surface area contributed by atoms with Crippen molar-refractivity contribution in [2.45, 2.75) is 85.5 Å². The fraction of sp³-hybridized carbons (Fsp3) is 0.739. The van der Waals surface area contributed by atoms with E-state index in [0.717, 1.165) is 19.4 Å². The molecule has 4 rings (SSSR count). The number of fused-ring (bicyclic) bond motifs is 3. The van der Waals surface area contributed by atoms with Crippen LogP contribution >= 0.6 is 0 Å². The highest BCUT2D eigenvalue weighted by Gasteiger charge is 2.47. The molecule has 0 N–H and O–H groups in total. The second-order valence-corrected chi connectivity index (χ2v) is 9.85. The Morgan fingerprint density at radius 2 is 1.84 bits per heavy atom. The highest BCUT2D eigenvalue weighted by atomic mass is 16.7. The van der Waals surface area contributed by atoms with Crippen LogP contribution in [0.25, 0.3) is 0 Å². The van der Waals surface area contributed by atoms with E-state index in [1.165, 1.54) is 30.4 Å². The number of ether oxygens (including phenoxy) is 2. The molecule has 1 fully saturated rings. The SMILES string of the molecule is CC(C)C1=CCC2=CC3=C4COC(C)(C)O[C@H]4CC[C@@]3(C)CC[C@@]21C. The molecule has 2 heteroatoms. The summed E-state index contributed by atoms with van der Waals surface area (Å²) < 4.78 is 12.3. The third kappa shape index (κ3) is 2.68. The molecule has 0 unspecified atom stereocenters. The normalized spacial score (nSPS) is 40.0. The van der Waals surface area contributed by atoms with Crippen molar-refractivity contribution < 1.29 is 9.47 Å². The first kappa shape index (κ1) is 17.5. The summed E-state index contributed by atoms with van der Waals surface area (Å²) in [4.78, 5) is 0. The third-order valence-corrected chi connectivity index (χ3v) is 7.35. The smallest absolute Gasteiger partial charge is 0.163 e. The fourth-order valence-corrected chi connectivity index (χ4v) is 5.73. The van der Waals surface area contributed by atoms with Gasteiger partial charge < -0.3 is 9.47 Å². The minimum absolute atomic E-state index is 0.243. The Kier molecular flexibility index (Phi) is 3.91. The quantitative estimate of drug-likeness (QED) is 0.548.